The van der Waals surface area contributed by atoms with Crippen molar-refractivity contribution in [1.29, 1.82) is 0 Å². The molecule has 22 heavy (non-hydrogen) atoms. The highest BCUT2D eigenvalue weighted by molar-refractivity contribution is 7.98. The monoisotopic (exact) mass is 348 g/mol. The highest BCUT2D eigenvalue weighted by Crippen LogP contribution is 2.36. The molecule has 3 nitrogen and oxygen atoms in total. The summed E-state index contributed by atoms with van der Waals surface area (Å²) in [7, 11) is 0. The maximum absolute atomic E-state index is 12.5. The number of thioether (sulfide) groups is 1. The zero-order valence-electron chi connectivity index (χ0n) is 12.2. The molecule has 1 aliphatic rings. The van der Waals surface area contributed by atoms with Gasteiger partial charge in [0.1, 0.15) is 4.83 Å². The first kappa shape index (κ1) is 14.5. The minimum Gasteiger partial charge on any atom is -0.301 e. The van der Waals surface area contributed by atoms with Gasteiger partial charge in [-0.15, -0.1) is 22.7 Å². The molecule has 0 saturated carbocycles. The number of hydrogen-bond acceptors (Lipinski definition) is 5. The molecule has 3 aromatic rings. The normalized spacial score (nSPS) is 17.8. The molecule has 0 fully saturated rings. The van der Waals surface area contributed by atoms with Crippen LogP contribution in [-0.4, -0.2) is 9.97 Å². The van der Waals surface area contributed by atoms with Crippen molar-refractivity contribution in [3.8, 4) is 0 Å². The van der Waals surface area contributed by atoms with Gasteiger partial charge in [0.2, 0.25) is 0 Å². The summed E-state index contributed by atoms with van der Waals surface area (Å²) in [4.78, 5) is 23.7. The van der Waals surface area contributed by atoms with Gasteiger partial charge in [0.05, 0.1) is 5.39 Å². The fourth-order valence-electron chi connectivity index (χ4n) is 2.93. The van der Waals surface area contributed by atoms with E-state index < -0.39 is 0 Å². The SMILES string of the molecule is CC1CCc2c(sc3nc(SCc4cccs4)[nH]c(=O)c23)C1. The molecule has 0 bridgehead atoms. The number of thiophene rings is 2. The number of hydrogen-bond donors (Lipinski definition) is 1. The van der Waals surface area contributed by atoms with Crippen molar-refractivity contribution in [2.75, 3.05) is 0 Å². The van der Waals surface area contributed by atoms with E-state index >= 15 is 0 Å². The number of nitrogens with one attached hydrogen (secondary N) is 1. The van der Waals surface area contributed by atoms with E-state index in [0.717, 1.165) is 34.0 Å². The Morgan fingerprint density at radius 2 is 2.41 bits per heavy atom. The highest BCUT2D eigenvalue weighted by Gasteiger charge is 2.23. The van der Waals surface area contributed by atoms with Gasteiger partial charge >= 0.3 is 0 Å². The third kappa shape index (κ3) is 2.64. The van der Waals surface area contributed by atoms with E-state index in [-0.39, 0.29) is 5.56 Å². The highest BCUT2D eigenvalue weighted by atomic mass is 32.2. The van der Waals surface area contributed by atoms with Crippen LogP contribution in [0.5, 0.6) is 0 Å². The fraction of sp³-hybridized carbons (Fsp3) is 0.375. The lowest BCUT2D eigenvalue weighted by Crippen LogP contribution is -2.13. The summed E-state index contributed by atoms with van der Waals surface area (Å²) in [6, 6.07) is 4.16. The van der Waals surface area contributed by atoms with Gasteiger partial charge in [-0.25, -0.2) is 4.98 Å². The molecule has 1 N–H and O–H groups in total. The quantitative estimate of drug-likeness (QED) is 0.561. The number of fused-ring (bicyclic) bond motifs is 3. The number of nitrogens with zero attached hydrogens (tertiary/aromatic N) is 1. The zero-order valence-corrected chi connectivity index (χ0v) is 14.7. The molecule has 1 aliphatic carbocycles. The van der Waals surface area contributed by atoms with E-state index in [9.17, 15) is 4.79 Å². The number of aryl methyl sites for hydroxylation is 1. The maximum Gasteiger partial charge on any atom is 0.260 e. The van der Waals surface area contributed by atoms with Crippen LogP contribution in [0.2, 0.25) is 0 Å². The Morgan fingerprint density at radius 3 is 3.23 bits per heavy atom. The Kier molecular flexibility index (Phi) is 3.84. The summed E-state index contributed by atoms with van der Waals surface area (Å²) < 4.78 is 0. The predicted octanol–water partition coefficient (Wildman–Crippen LogP) is 4.46. The van der Waals surface area contributed by atoms with E-state index in [1.165, 1.54) is 21.7 Å². The van der Waals surface area contributed by atoms with Crippen molar-refractivity contribution in [3.05, 3.63) is 43.2 Å². The molecule has 0 aliphatic heterocycles. The molecule has 0 saturated heterocycles. The van der Waals surface area contributed by atoms with Gasteiger partial charge < -0.3 is 4.98 Å². The van der Waals surface area contributed by atoms with Gasteiger partial charge in [0, 0.05) is 15.5 Å². The van der Waals surface area contributed by atoms with Crippen LogP contribution in [0.4, 0.5) is 0 Å². The first-order chi connectivity index (χ1) is 10.7. The van der Waals surface area contributed by atoms with Crippen LogP contribution < -0.4 is 5.56 Å². The topological polar surface area (TPSA) is 45.8 Å². The summed E-state index contributed by atoms with van der Waals surface area (Å²) in [5.74, 6) is 1.57. The third-order valence-corrected chi connectivity index (χ3v) is 7.20. The first-order valence-electron chi connectivity index (χ1n) is 7.40. The summed E-state index contributed by atoms with van der Waals surface area (Å²) in [5.41, 5.74) is 1.28. The van der Waals surface area contributed by atoms with Crippen molar-refractivity contribution in [2.24, 2.45) is 5.92 Å². The Hall–Kier alpha value is -1.11. The molecule has 3 aromatic heterocycles. The average Bonchev–Trinajstić information content (AvgIpc) is 3.11. The predicted molar refractivity (Wildman–Crippen MR) is 95.3 cm³/mol. The lowest BCUT2D eigenvalue weighted by atomic mass is 9.89. The number of aromatic amines is 1. The van der Waals surface area contributed by atoms with Crippen molar-refractivity contribution >= 4 is 44.7 Å². The Labute approximate surface area is 140 Å². The smallest absolute Gasteiger partial charge is 0.260 e. The average molecular weight is 349 g/mol. The minimum atomic E-state index is 0.0331. The van der Waals surface area contributed by atoms with Crippen LogP contribution in [0, 0.1) is 5.92 Å². The molecule has 1 unspecified atom stereocenters. The number of aromatic nitrogens is 2. The fourth-order valence-corrected chi connectivity index (χ4v) is 6.01. The van der Waals surface area contributed by atoms with Crippen LogP contribution in [0.3, 0.4) is 0 Å². The molecule has 6 heteroatoms. The number of H-pyrrole nitrogens is 1. The second kappa shape index (κ2) is 5.83. The first-order valence-corrected chi connectivity index (χ1v) is 10.1. The number of rotatable bonds is 3. The van der Waals surface area contributed by atoms with Crippen molar-refractivity contribution in [1.82, 2.24) is 9.97 Å². The van der Waals surface area contributed by atoms with Gasteiger partial charge in [-0.2, -0.15) is 0 Å². The van der Waals surface area contributed by atoms with E-state index in [1.54, 1.807) is 34.4 Å². The molecule has 0 radical (unpaired) electrons. The Morgan fingerprint density at radius 1 is 1.50 bits per heavy atom. The summed E-state index contributed by atoms with van der Waals surface area (Å²) in [6.45, 7) is 2.29. The largest absolute Gasteiger partial charge is 0.301 e. The Balaban J connectivity index is 1.69. The standard InChI is InChI=1S/C16H16N2OS3/c1-9-4-5-11-12(7-9)22-15-13(11)14(19)17-16(18-15)21-8-10-3-2-6-20-10/h2-3,6,9H,4-5,7-8H2,1H3,(H,17,18,19). The van der Waals surface area contributed by atoms with Gasteiger partial charge in [0.25, 0.3) is 5.56 Å². The lowest BCUT2D eigenvalue weighted by molar-refractivity contribution is 0.509. The van der Waals surface area contributed by atoms with E-state index in [0.29, 0.717) is 5.92 Å². The molecule has 4 rings (SSSR count). The molecule has 3 heterocycles. The summed E-state index contributed by atoms with van der Waals surface area (Å²) in [6.07, 6.45) is 3.28. The van der Waals surface area contributed by atoms with Gasteiger partial charge in [-0.3, -0.25) is 4.79 Å². The van der Waals surface area contributed by atoms with E-state index in [1.807, 2.05) is 0 Å². The molecule has 1 atom stereocenters. The molecule has 0 aromatic carbocycles. The third-order valence-electron chi connectivity index (χ3n) is 4.07. The molecule has 0 amide bonds. The molecular formula is C16H16N2OS3. The minimum absolute atomic E-state index is 0.0331. The van der Waals surface area contributed by atoms with Crippen molar-refractivity contribution in [3.63, 3.8) is 0 Å². The maximum atomic E-state index is 12.5. The van der Waals surface area contributed by atoms with Gasteiger partial charge in [0.15, 0.2) is 5.16 Å². The summed E-state index contributed by atoms with van der Waals surface area (Å²) in [5, 5.41) is 3.65. The van der Waals surface area contributed by atoms with Crippen LogP contribution in [0.25, 0.3) is 10.2 Å². The van der Waals surface area contributed by atoms with Crippen LogP contribution >= 0.6 is 34.4 Å². The molecular weight excluding hydrogens is 332 g/mol. The van der Waals surface area contributed by atoms with E-state index in [2.05, 4.69) is 29.4 Å². The lowest BCUT2D eigenvalue weighted by Gasteiger charge is -2.17. The Bertz CT molecular complexity index is 864. The van der Waals surface area contributed by atoms with Crippen LogP contribution in [0.15, 0.2) is 27.5 Å². The van der Waals surface area contributed by atoms with Crippen LogP contribution in [0.1, 0.15) is 28.7 Å². The second-order valence-electron chi connectivity index (χ2n) is 5.77. The second-order valence-corrected chi connectivity index (χ2v) is 8.85. The van der Waals surface area contributed by atoms with Gasteiger partial charge in [-0.05, 0) is 42.2 Å². The van der Waals surface area contributed by atoms with Crippen molar-refractivity contribution in [2.45, 2.75) is 37.1 Å². The van der Waals surface area contributed by atoms with Crippen LogP contribution in [-0.2, 0) is 18.6 Å². The zero-order chi connectivity index (χ0) is 15.1. The molecule has 114 valence electrons. The van der Waals surface area contributed by atoms with E-state index in [4.69, 9.17) is 4.98 Å². The van der Waals surface area contributed by atoms with Gasteiger partial charge in [-0.1, -0.05) is 24.8 Å². The van der Waals surface area contributed by atoms with Crippen molar-refractivity contribution < 1.29 is 0 Å². The summed E-state index contributed by atoms with van der Waals surface area (Å²) >= 11 is 5.05. The molecule has 0 spiro atoms.